The van der Waals surface area contributed by atoms with Gasteiger partial charge in [0, 0.05) is 31.0 Å². The largest absolute Gasteiger partial charge is 0.391 e. The molecule has 22 heavy (non-hydrogen) atoms. The molecule has 5 heteroatoms. The van der Waals surface area contributed by atoms with Gasteiger partial charge in [-0.05, 0) is 49.4 Å². The minimum Gasteiger partial charge on any atom is -0.391 e. The highest BCUT2D eigenvalue weighted by molar-refractivity contribution is 5.89. The van der Waals surface area contributed by atoms with E-state index in [2.05, 4.69) is 28.5 Å². The van der Waals surface area contributed by atoms with Gasteiger partial charge in [-0.3, -0.25) is 0 Å². The average molecular weight is 305 g/mol. The van der Waals surface area contributed by atoms with Crippen LogP contribution >= 0.6 is 0 Å². The van der Waals surface area contributed by atoms with E-state index in [0.717, 1.165) is 18.8 Å². The molecule has 0 aliphatic carbocycles. The summed E-state index contributed by atoms with van der Waals surface area (Å²) in [6.07, 6.45) is 1.98. The standard InChI is InChI=1S/C17H27N3O2/c1-12(2)16(21)11-18-17(22)19-14-6-7-15(13(3)10-14)20-8-4-5-9-20/h6-7,10,12,16,21H,4-5,8-9,11H2,1-3H3,(H2,18,19,22)/t16-/m0/s1. The molecule has 122 valence electrons. The first kappa shape index (κ1) is 16.6. The molecule has 0 unspecified atom stereocenters. The van der Waals surface area contributed by atoms with Crippen molar-refractivity contribution >= 4 is 17.4 Å². The molecule has 5 nitrogen and oxygen atoms in total. The predicted octanol–water partition coefficient (Wildman–Crippen LogP) is 2.73. The molecule has 3 N–H and O–H groups in total. The van der Waals surface area contributed by atoms with E-state index in [0.29, 0.717) is 0 Å². The minimum atomic E-state index is -0.523. The number of amides is 2. The van der Waals surface area contributed by atoms with Gasteiger partial charge < -0.3 is 20.6 Å². The normalized spacial score (nSPS) is 16.0. The lowest BCUT2D eigenvalue weighted by Gasteiger charge is -2.21. The fourth-order valence-corrected chi connectivity index (χ4v) is 2.65. The second-order valence-electron chi connectivity index (χ2n) is 6.34. The van der Waals surface area contributed by atoms with Gasteiger partial charge in [-0.15, -0.1) is 0 Å². The Hall–Kier alpha value is -1.75. The van der Waals surface area contributed by atoms with Crippen molar-refractivity contribution in [1.29, 1.82) is 0 Å². The first-order valence-corrected chi connectivity index (χ1v) is 8.06. The Morgan fingerprint density at radius 3 is 2.59 bits per heavy atom. The number of anilines is 2. The van der Waals surface area contributed by atoms with Crippen LogP contribution in [0.2, 0.25) is 0 Å². The third-order valence-electron chi connectivity index (χ3n) is 4.14. The fourth-order valence-electron chi connectivity index (χ4n) is 2.65. The van der Waals surface area contributed by atoms with Gasteiger partial charge in [0.1, 0.15) is 0 Å². The zero-order valence-corrected chi connectivity index (χ0v) is 13.7. The summed E-state index contributed by atoms with van der Waals surface area (Å²) in [6, 6.07) is 5.71. The lowest BCUT2D eigenvalue weighted by atomic mass is 10.1. The number of nitrogens with one attached hydrogen (secondary N) is 2. The highest BCUT2D eigenvalue weighted by atomic mass is 16.3. The maximum absolute atomic E-state index is 11.8. The van der Waals surface area contributed by atoms with Gasteiger partial charge >= 0.3 is 6.03 Å². The number of carbonyl (C=O) groups excluding carboxylic acids is 1. The van der Waals surface area contributed by atoms with E-state index in [4.69, 9.17) is 0 Å². The van der Waals surface area contributed by atoms with Crippen molar-refractivity contribution in [3.8, 4) is 0 Å². The van der Waals surface area contributed by atoms with Crippen molar-refractivity contribution in [2.24, 2.45) is 5.92 Å². The molecule has 2 amide bonds. The van der Waals surface area contributed by atoms with Crippen LogP contribution in [0, 0.1) is 12.8 Å². The van der Waals surface area contributed by atoms with Crippen LogP contribution < -0.4 is 15.5 Å². The summed E-state index contributed by atoms with van der Waals surface area (Å²) >= 11 is 0. The van der Waals surface area contributed by atoms with Crippen LogP contribution in [-0.4, -0.2) is 36.9 Å². The Bertz CT molecular complexity index is 511. The van der Waals surface area contributed by atoms with Crippen molar-refractivity contribution in [2.45, 2.75) is 39.7 Å². The average Bonchev–Trinajstić information content (AvgIpc) is 2.98. The molecule has 1 aliphatic rings. The molecule has 0 aromatic heterocycles. The van der Waals surface area contributed by atoms with E-state index in [1.54, 1.807) is 0 Å². The van der Waals surface area contributed by atoms with Crippen molar-refractivity contribution < 1.29 is 9.90 Å². The number of rotatable bonds is 5. The zero-order valence-electron chi connectivity index (χ0n) is 13.7. The van der Waals surface area contributed by atoms with Crippen molar-refractivity contribution in [3.63, 3.8) is 0 Å². The Labute approximate surface area is 132 Å². The molecule has 0 saturated carbocycles. The minimum absolute atomic E-state index is 0.127. The molecule has 1 saturated heterocycles. The van der Waals surface area contributed by atoms with Gasteiger partial charge in [-0.25, -0.2) is 4.79 Å². The number of urea groups is 1. The number of carbonyl (C=O) groups is 1. The quantitative estimate of drug-likeness (QED) is 0.784. The van der Waals surface area contributed by atoms with Crippen LogP contribution in [0.3, 0.4) is 0 Å². The summed E-state index contributed by atoms with van der Waals surface area (Å²) < 4.78 is 0. The topological polar surface area (TPSA) is 64.6 Å². The Balaban J connectivity index is 1.90. The first-order chi connectivity index (χ1) is 10.5. The monoisotopic (exact) mass is 305 g/mol. The van der Waals surface area contributed by atoms with Crippen LogP contribution in [0.15, 0.2) is 18.2 Å². The van der Waals surface area contributed by atoms with Crippen LogP contribution in [0.25, 0.3) is 0 Å². The second-order valence-corrected chi connectivity index (χ2v) is 6.34. The number of benzene rings is 1. The van der Waals surface area contributed by atoms with E-state index in [-0.39, 0.29) is 18.5 Å². The predicted molar refractivity (Wildman–Crippen MR) is 90.5 cm³/mol. The highest BCUT2D eigenvalue weighted by Gasteiger charge is 2.15. The van der Waals surface area contributed by atoms with Crippen LogP contribution in [0.5, 0.6) is 0 Å². The van der Waals surface area contributed by atoms with Crippen molar-refractivity contribution in [2.75, 3.05) is 29.9 Å². The Morgan fingerprint density at radius 1 is 1.32 bits per heavy atom. The lowest BCUT2D eigenvalue weighted by Crippen LogP contribution is -2.37. The molecular weight excluding hydrogens is 278 g/mol. The molecule has 1 aromatic carbocycles. The number of aliphatic hydroxyl groups is 1. The van der Waals surface area contributed by atoms with Crippen molar-refractivity contribution in [1.82, 2.24) is 5.32 Å². The number of hydrogen-bond acceptors (Lipinski definition) is 3. The van der Waals surface area contributed by atoms with Crippen molar-refractivity contribution in [3.05, 3.63) is 23.8 Å². The Kier molecular flexibility index (Phi) is 5.66. The zero-order chi connectivity index (χ0) is 16.1. The summed E-state index contributed by atoms with van der Waals surface area (Å²) in [5.74, 6) is 0.127. The molecule has 0 radical (unpaired) electrons. The third-order valence-corrected chi connectivity index (χ3v) is 4.14. The van der Waals surface area contributed by atoms with E-state index in [1.807, 2.05) is 26.0 Å². The first-order valence-electron chi connectivity index (χ1n) is 8.06. The van der Waals surface area contributed by atoms with E-state index in [9.17, 15) is 9.90 Å². The Morgan fingerprint density at radius 2 is 2.00 bits per heavy atom. The van der Waals surface area contributed by atoms with Gasteiger partial charge in [0.25, 0.3) is 0 Å². The van der Waals surface area contributed by atoms with Crippen LogP contribution in [-0.2, 0) is 0 Å². The SMILES string of the molecule is Cc1cc(NC(=O)NC[C@H](O)C(C)C)ccc1N1CCCC1. The lowest BCUT2D eigenvalue weighted by molar-refractivity contribution is 0.126. The smallest absolute Gasteiger partial charge is 0.319 e. The van der Waals surface area contributed by atoms with Gasteiger partial charge in [-0.1, -0.05) is 13.8 Å². The van der Waals surface area contributed by atoms with Gasteiger partial charge in [0.15, 0.2) is 0 Å². The molecule has 0 spiro atoms. The van der Waals surface area contributed by atoms with Gasteiger partial charge in [-0.2, -0.15) is 0 Å². The van der Waals surface area contributed by atoms with Gasteiger partial charge in [0.05, 0.1) is 6.10 Å². The number of nitrogens with zero attached hydrogens (tertiary/aromatic N) is 1. The van der Waals surface area contributed by atoms with Crippen LogP contribution in [0.1, 0.15) is 32.3 Å². The molecule has 1 atom stereocenters. The van der Waals surface area contributed by atoms with Gasteiger partial charge in [0.2, 0.25) is 0 Å². The third kappa shape index (κ3) is 4.37. The maximum Gasteiger partial charge on any atom is 0.319 e. The molecule has 2 rings (SSSR count). The molecule has 1 aliphatic heterocycles. The highest BCUT2D eigenvalue weighted by Crippen LogP contribution is 2.26. The van der Waals surface area contributed by atoms with Crippen LogP contribution in [0.4, 0.5) is 16.2 Å². The summed E-state index contributed by atoms with van der Waals surface area (Å²) in [6.45, 7) is 8.39. The molecule has 0 bridgehead atoms. The maximum atomic E-state index is 11.8. The fraction of sp³-hybridized carbons (Fsp3) is 0.588. The molecule has 1 aromatic rings. The van der Waals surface area contributed by atoms with E-state index >= 15 is 0 Å². The number of aliphatic hydroxyl groups excluding tert-OH is 1. The number of hydrogen-bond donors (Lipinski definition) is 3. The summed E-state index contributed by atoms with van der Waals surface area (Å²) in [5, 5.41) is 15.2. The second kappa shape index (κ2) is 7.49. The molecule has 1 heterocycles. The molecule has 1 fully saturated rings. The number of aryl methyl sites for hydroxylation is 1. The van der Waals surface area contributed by atoms with E-state index < -0.39 is 6.10 Å². The summed E-state index contributed by atoms with van der Waals surface area (Å²) in [5.41, 5.74) is 3.19. The van der Waals surface area contributed by atoms with E-state index in [1.165, 1.54) is 24.1 Å². The summed E-state index contributed by atoms with van der Waals surface area (Å²) in [7, 11) is 0. The summed E-state index contributed by atoms with van der Waals surface area (Å²) in [4.78, 5) is 14.2. The molecular formula is C17H27N3O2.